The third kappa shape index (κ3) is 3.70. The maximum atomic E-state index is 10.8. The molecule has 1 saturated heterocycles. The van der Waals surface area contributed by atoms with Gasteiger partial charge in [-0.15, -0.1) is 0 Å². The summed E-state index contributed by atoms with van der Waals surface area (Å²) in [6, 6.07) is 7.09. The standard InChI is InChI=1S/C15H21NO3/c1-11(2)19-14-7-9-16(10-8-14)13-5-3-12(4-6-13)15(17)18/h3-6,11,14H,7-10H2,1-2H3,(H,17,18). The molecule has 0 bridgehead atoms. The maximum absolute atomic E-state index is 10.8. The van der Waals surface area contributed by atoms with Crippen molar-refractivity contribution in [3.63, 3.8) is 0 Å². The Hall–Kier alpha value is -1.55. The highest BCUT2D eigenvalue weighted by Gasteiger charge is 2.20. The van der Waals surface area contributed by atoms with Crippen molar-refractivity contribution in [1.29, 1.82) is 0 Å². The minimum Gasteiger partial charge on any atom is -0.478 e. The third-order valence-corrected chi connectivity index (χ3v) is 3.39. The predicted molar refractivity (Wildman–Crippen MR) is 74.9 cm³/mol. The van der Waals surface area contributed by atoms with Crippen molar-refractivity contribution >= 4 is 11.7 Å². The molecule has 0 radical (unpaired) electrons. The van der Waals surface area contributed by atoms with Crippen LogP contribution < -0.4 is 4.90 Å². The first-order chi connectivity index (χ1) is 9.06. The van der Waals surface area contributed by atoms with Crippen LogP contribution in [0.3, 0.4) is 0 Å². The summed E-state index contributed by atoms with van der Waals surface area (Å²) in [5, 5.41) is 8.87. The molecule has 1 N–H and O–H groups in total. The Kier molecular flexibility index (Phi) is 4.43. The van der Waals surface area contributed by atoms with Crippen LogP contribution in [0.2, 0.25) is 0 Å². The number of anilines is 1. The van der Waals surface area contributed by atoms with Crippen molar-refractivity contribution in [2.75, 3.05) is 18.0 Å². The zero-order valence-corrected chi connectivity index (χ0v) is 11.5. The van der Waals surface area contributed by atoms with Crippen LogP contribution in [0.15, 0.2) is 24.3 Å². The maximum Gasteiger partial charge on any atom is 0.335 e. The monoisotopic (exact) mass is 263 g/mol. The van der Waals surface area contributed by atoms with E-state index in [1.807, 2.05) is 12.1 Å². The SMILES string of the molecule is CC(C)OC1CCN(c2ccc(C(=O)O)cc2)CC1. The normalized spacial score (nSPS) is 16.9. The zero-order chi connectivity index (χ0) is 13.8. The number of carboxylic acids is 1. The van der Waals surface area contributed by atoms with E-state index in [0.29, 0.717) is 11.7 Å². The molecule has 1 heterocycles. The van der Waals surface area contributed by atoms with E-state index < -0.39 is 5.97 Å². The van der Waals surface area contributed by atoms with Crippen molar-refractivity contribution in [3.8, 4) is 0 Å². The Morgan fingerprint density at radius 3 is 2.32 bits per heavy atom. The molecule has 104 valence electrons. The van der Waals surface area contributed by atoms with E-state index in [0.717, 1.165) is 31.6 Å². The lowest BCUT2D eigenvalue weighted by molar-refractivity contribution is -0.00478. The van der Waals surface area contributed by atoms with E-state index in [-0.39, 0.29) is 6.10 Å². The molecule has 1 aliphatic heterocycles. The summed E-state index contributed by atoms with van der Waals surface area (Å²) < 4.78 is 5.82. The molecule has 1 aromatic rings. The topological polar surface area (TPSA) is 49.8 Å². The van der Waals surface area contributed by atoms with Crippen LogP contribution in [0.25, 0.3) is 0 Å². The molecule has 0 spiro atoms. The van der Waals surface area contributed by atoms with Crippen molar-refractivity contribution in [1.82, 2.24) is 0 Å². The second-order valence-electron chi connectivity index (χ2n) is 5.22. The molecule has 0 atom stereocenters. The van der Waals surface area contributed by atoms with Crippen molar-refractivity contribution in [2.24, 2.45) is 0 Å². The molecular weight excluding hydrogens is 242 g/mol. The van der Waals surface area contributed by atoms with Gasteiger partial charge in [0.1, 0.15) is 0 Å². The van der Waals surface area contributed by atoms with E-state index in [1.165, 1.54) is 0 Å². The highest BCUT2D eigenvalue weighted by Crippen LogP contribution is 2.22. The molecule has 19 heavy (non-hydrogen) atoms. The number of aromatic carboxylic acids is 1. The van der Waals surface area contributed by atoms with Gasteiger partial charge in [0.15, 0.2) is 0 Å². The van der Waals surface area contributed by atoms with Gasteiger partial charge in [0.2, 0.25) is 0 Å². The van der Waals surface area contributed by atoms with Gasteiger partial charge in [-0.05, 0) is 51.0 Å². The van der Waals surface area contributed by atoms with E-state index in [1.54, 1.807) is 12.1 Å². The second-order valence-corrected chi connectivity index (χ2v) is 5.22. The summed E-state index contributed by atoms with van der Waals surface area (Å²) in [5.74, 6) is -0.879. The molecule has 0 saturated carbocycles. The Morgan fingerprint density at radius 2 is 1.84 bits per heavy atom. The van der Waals surface area contributed by atoms with E-state index in [2.05, 4.69) is 18.7 Å². The molecule has 1 fully saturated rings. The molecule has 0 unspecified atom stereocenters. The molecule has 1 aliphatic rings. The van der Waals surface area contributed by atoms with Gasteiger partial charge < -0.3 is 14.7 Å². The van der Waals surface area contributed by atoms with Gasteiger partial charge in [-0.1, -0.05) is 0 Å². The molecule has 0 aromatic heterocycles. The minimum atomic E-state index is -0.879. The number of hydrogen-bond acceptors (Lipinski definition) is 3. The molecular formula is C15H21NO3. The highest BCUT2D eigenvalue weighted by molar-refractivity contribution is 5.88. The van der Waals surface area contributed by atoms with Crippen LogP contribution in [0.5, 0.6) is 0 Å². The fourth-order valence-corrected chi connectivity index (χ4v) is 2.45. The van der Waals surface area contributed by atoms with Crippen LogP contribution >= 0.6 is 0 Å². The number of hydrogen-bond donors (Lipinski definition) is 1. The number of carboxylic acid groups (broad SMARTS) is 1. The molecule has 4 heteroatoms. The lowest BCUT2D eigenvalue weighted by atomic mass is 10.1. The summed E-state index contributed by atoms with van der Waals surface area (Å²) in [5.41, 5.74) is 1.43. The Labute approximate surface area is 114 Å². The molecule has 2 rings (SSSR count). The molecule has 0 amide bonds. The van der Waals surface area contributed by atoms with Crippen molar-refractivity contribution < 1.29 is 14.6 Å². The quantitative estimate of drug-likeness (QED) is 0.907. The zero-order valence-electron chi connectivity index (χ0n) is 11.5. The smallest absolute Gasteiger partial charge is 0.335 e. The average Bonchev–Trinajstić information content (AvgIpc) is 2.39. The number of carbonyl (C=O) groups is 1. The first kappa shape index (κ1) is 13.9. The van der Waals surface area contributed by atoms with Gasteiger partial charge >= 0.3 is 5.97 Å². The molecule has 0 aliphatic carbocycles. The summed E-state index contributed by atoms with van der Waals surface area (Å²) in [7, 11) is 0. The van der Waals surface area contributed by atoms with Gasteiger partial charge in [-0.25, -0.2) is 4.79 Å². The van der Waals surface area contributed by atoms with E-state index in [4.69, 9.17) is 9.84 Å². The number of piperidine rings is 1. The average molecular weight is 263 g/mol. The number of ether oxygens (including phenoxy) is 1. The van der Waals surface area contributed by atoms with Crippen molar-refractivity contribution in [2.45, 2.75) is 38.9 Å². The lowest BCUT2D eigenvalue weighted by Crippen LogP contribution is -2.37. The summed E-state index contributed by atoms with van der Waals surface area (Å²) in [6.45, 7) is 6.06. The fraction of sp³-hybridized carbons (Fsp3) is 0.533. The first-order valence-corrected chi connectivity index (χ1v) is 6.80. The van der Waals surface area contributed by atoms with Gasteiger partial charge in [0, 0.05) is 18.8 Å². The number of benzene rings is 1. The Bertz CT molecular complexity index is 420. The summed E-state index contributed by atoms with van der Waals surface area (Å²) in [4.78, 5) is 13.1. The van der Waals surface area contributed by atoms with Crippen LogP contribution in [-0.2, 0) is 4.74 Å². The van der Waals surface area contributed by atoms with Crippen LogP contribution in [0, 0.1) is 0 Å². The van der Waals surface area contributed by atoms with E-state index in [9.17, 15) is 4.79 Å². The third-order valence-electron chi connectivity index (χ3n) is 3.39. The number of rotatable bonds is 4. The highest BCUT2D eigenvalue weighted by atomic mass is 16.5. The minimum absolute atomic E-state index is 0.284. The van der Waals surface area contributed by atoms with Crippen molar-refractivity contribution in [3.05, 3.63) is 29.8 Å². The fourth-order valence-electron chi connectivity index (χ4n) is 2.45. The van der Waals surface area contributed by atoms with Gasteiger partial charge in [-0.2, -0.15) is 0 Å². The Morgan fingerprint density at radius 1 is 1.26 bits per heavy atom. The van der Waals surface area contributed by atoms with Gasteiger partial charge in [-0.3, -0.25) is 0 Å². The van der Waals surface area contributed by atoms with E-state index >= 15 is 0 Å². The summed E-state index contributed by atoms with van der Waals surface area (Å²) >= 11 is 0. The van der Waals surface area contributed by atoms with Gasteiger partial charge in [0.25, 0.3) is 0 Å². The first-order valence-electron chi connectivity index (χ1n) is 6.80. The van der Waals surface area contributed by atoms with Crippen LogP contribution in [0.4, 0.5) is 5.69 Å². The van der Waals surface area contributed by atoms with Crippen LogP contribution in [0.1, 0.15) is 37.0 Å². The molecule has 4 nitrogen and oxygen atoms in total. The second kappa shape index (κ2) is 6.06. The lowest BCUT2D eigenvalue weighted by Gasteiger charge is -2.34. The van der Waals surface area contributed by atoms with Crippen LogP contribution in [-0.4, -0.2) is 36.4 Å². The Balaban J connectivity index is 1.92. The molecule has 1 aromatic carbocycles. The largest absolute Gasteiger partial charge is 0.478 e. The summed E-state index contributed by atoms with van der Waals surface area (Å²) in [6.07, 6.45) is 2.69. The predicted octanol–water partition coefficient (Wildman–Crippen LogP) is 2.78. The van der Waals surface area contributed by atoms with Gasteiger partial charge in [0.05, 0.1) is 17.8 Å². The number of nitrogens with zero attached hydrogens (tertiary/aromatic N) is 1.